The quantitative estimate of drug-likeness (QED) is 0.229. The maximum atomic E-state index is 13.5. The second kappa shape index (κ2) is 11.3. The zero-order chi connectivity index (χ0) is 27.5. The molecule has 39 heavy (non-hydrogen) atoms. The fraction of sp³-hybridized carbons (Fsp3) is 0.355. The number of aryl methyl sites for hydroxylation is 1. The summed E-state index contributed by atoms with van der Waals surface area (Å²) in [5.41, 5.74) is 4.48. The third-order valence-electron chi connectivity index (χ3n) is 7.47. The molecule has 0 amide bonds. The zero-order valence-electron chi connectivity index (χ0n) is 22.9. The van der Waals surface area contributed by atoms with E-state index in [1.54, 1.807) is 13.1 Å². The second-order valence-corrected chi connectivity index (χ2v) is 10.1. The Kier molecular flexibility index (Phi) is 7.63. The van der Waals surface area contributed by atoms with Gasteiger partial charge in [-0.15, -0.1) is 0 Å². The van der Waals surface area contributed by atoms with Gasteiger partial charge in [-0.3, -0.25) is 4.79 Å². The van der Waals surface area contributed by atoms with E-state index in [-0.39, 0.29) is 11.5 Å². The maximum absolute atomic E-state index is 13.5. The van der Waals surface area contributed by atoms with Crippen LogP contribution in [0.2, 0.25) is 0 Å². The number of benzene rings is 2. The first-order valence-electron chi connectivity index (χ1n) is 13.5. The number of hydrogen-bond donors (Lipinski definition) is 0. The smallest absolute Gasteiger partial charge is 0.346 e. The van der Waals surface area contributed by atoms with Gasteiger partial charge in [-0.2, -0.15) is 9.78 Å². The summed E-state index contributed by atoms with van der Waals surface area (Å²) in [6.07, 6.45) is 6.62. The Hall–Kier alpha value is -4.20. The summed E-state index contributed by atoms with van der Waals surface area (Å²) in [4.78, 5) is 30.1. The van der Waals surface area contributed by atoms with E-state index in [1.165, 1.54) is 18.2 Å². The highest BCUT2D eigenvalue weighted by Gasteiger charge is 2.22. The van der Waals surface area contributed by atoms with Crippen molar-refractivity contribution in [1.29, 1.82) is 0 Å². The highest BCUT2D eigenvalue weighted by atomic mass is 16.6. The molecule has 1 aliphatic rings. The number of para-hydroxylation sites is 1. The van der Waals surface area contributed by atoms with Crippen LogP contribution in [0.4, 0.5) is 0 Å². The molecule has 0 N–H and O–H groups in total. The summed E-state index contributed by atoms with van der Waals surface area (Å²) in [6.45, 7) is 5.72. The van der Waals surface area contributed by atoms with Gasteiger partial charge in [0.15, 0.2) is 6.10 Å². The van der Waals surface area contributed by atoms with E-state index in [9.17, 15) is 9.59 Å². The largest absolute Gasteiger partial charge is 0.479 e. The van der Waals surface area contributed by atoms with Gasteiger partial charge in [0.05, 0.1) is 24.2 Å². The molecular weight excluding hydrogens is 492 g/mol. The van der Waals surface area contributed by atoms with Crippen LogP contribution in [-0.4, -0.2) is 39.6 Å². The number of rotatable bonds is 7. The van der Waals surface area contributed by atoms with E-state index in [0.29, 0.717) is 11.1 Å². The van der Waals surface area contributed by atoms with Crippen LogP contribution in [0.1, 0.15) is 67.7 Å². The topological polar surface area (TPSA) is 87.7 Å². The maximum Gasteiger partial charge on any atom is 0.346 e. The summed E-state index contributed by atoms with van der Waals surface area (Å²) in [6, 6.07) is 17.1. The molecular formula is C31H34N4O4. The normalized spacial score (nSPS) is 15.1. The van der Waals surface area contributed by atoms with Crippen LogP contribution in [0.25, 0.3) is 16.6 Å². The highest BCUT2D eigenvalue weighted by Crippen LogP contribution is 2.32. The number of nitrogens with zero attached hydrogens (tertiary/aromatic N) is 4. The Balaban J connectivity index is 1.47. The molecule has 0 spiro atoms. The Bertz CT molecular complexity index is 1580. The number of carbonyl (C=O) groups excluding carboxylic acids is 1. The Morgan fingerprint density at radius 1 is 1.08 bits per heavy atom. The summed E-state index contributed by atoms with van der Waals surface area (Å²) < 4.78 is 14.0. The van der Waals surface area contributed by atoms with E-state index >= 15 is 0 Å². The average Bonchev–Trinajstić information content (AvgIpc) is 3.25. The third kappa shape index (κ3) is 5.37. The molecule has 0 saturated heterocycles. The molecule has 0 radical (unpaired) electrons. The monoisotopic (exact) mass is 526 g/mol. The lowest BCUT2D eigenvalue weighted by Crippen LogP contribution is -2.25. The fourth-order valence-corrected chi connectivity index (χ4v) is 5.41. The number of fused-ring (bicyclic) bond motifs is 1. The van der Waals surface area contributed by atoms with E-state index in [1.807, 2.05) is 62.4 Å². The number of carbonyl (C=O) groups is 1. The van der Waals surface area contributed by atoms with Crippen molar-refractivity contribution in [2.75, 3.05) is 7.11 Å². The molecule has 8 heteroatoms. The highest BCUT2D eigenvalue weighted by molar-refractivity contribution is 5.82. The van der Waals surface area contributed by atoms with Crippen molar-refractivity contribution in [3.05, 3.63) is 87.7 Å². The van der Waals surface area contributed by atoms with Crippen LogP contribution in [-0.2, 0) is 9.53 Å². The van der Waals surface area contributed by atoms with E-state index in [2.05, 4.69) is 10.6 Å². The number of aromatic nitrogens is 3. The molecule has 0 aliphatic heterocycles. The molecule has 0 unspecified atom stereocenters. The molecule has 8 nitrogen and oxygen atoms in total. The van der Waals surface area contributed by atoms with Gasteiger partial charge < -0.3 is 14.0 Å². The number of esters is 1. The molecule has 1 aliphatic carbocycles. The molecule has 1 atom stereocenters. The Morgan fingerprint density at radius 2 is 1.79 bits per heavy atom. The lowest BCUT2D eigenvalue weighted by atomic mass is 9.88. The standard InChI is InChI=1S/C31H34N4O4/c1-20-18-24(21(2)34(20)25-14-16-26(17-15-25)39-22(3)31(37)38-4)19-32-35-29(23-10-6-5-7-11-23)33-28-13-9-8-12-27(28)30(35)36/h8-9,12-19,22-23H,5-7,10-11H2,1-4H3/t22-/m0/s1. The lowest BCUT2D eigenvalue weighted by molar-refractivity contribution is -0.147. The second-order valence-electron chi connectivity index (χ2n) is 10.1. The number of hydrogen-bond acceptors (Lipinski definition) is 6. The number of ether oxygens (including phenoxy) is 2. The van der Waals surface area contributed by atoms with Gasteiger partial charge in [-0.1, -0.05) is 31.4 Å². The van der Waals surface area contributed by atoms with Gasteiger partial charge in [0.2, 0.25) is 0 Å². The van der Waals surface area contributed by atoms with E-state index in [0.717, 1.165) is 59.7 Å². The lowest BCUT2D eigenvalue weighted by Gasteiger charge is -2.22. The minimum atomic E-state index is -0.690. The molecule has 202 valence electrons. The van der Waals surface area contributed by atoms with Crippen LogP contribution in [0.5, 0.6) is 5.75 Å². The van der Waals surface area contributed by atoms with Crippen molar-refractivity contribution in [2.24, 2.45) is 5.10 Å². The predicted octanol–water partition coefficient (Wildman–Crippen LogP) is 5.67. The van der Waals surface area contributed by atoms with Crippen molar-refractivity contribution in [3.63, 3.8) is 0 Å². The third-order valence-corrected chi connectivity index (χ3v) is 7.47. The van der Waals surface area contributed by atoms with Crippen molar-refractivity contribution in [1.82, 2.24) is 14.2 Å². The summed E-state index contributed by atoms with van der Waals surface area (Å²) in [5, 5.41) is 5.29. The minimum absolute atomic E-state index is 0.136. The minimum Gasteiger partial charge on any atom is -0.479 e. The van der Waals surface area contributed by atoms with Crippen LogP contribution in [0.3, 0.4) is 0 Å². The predicted molar refractivity (Wildman–Crippen MR) is 152 cm³/mol. The van der Waals surface area contributed by atoms with Crippen molar-refractivity contribution >= 4 is 23.1 Å². The van der Waals surface area contributed by atoms with Crippen molar-refractivity contribution in [3.8, 4) is 11.4 Å². The molecule has 5 rings (SSSR count). The van der Waals surface area contributed by atoms with E-state index in [4.69, 9.17) is 19.6 Å². The van der Waals surface area contributed by atoms with Gasteiger partial charge in [-0.25, -0.2) is 9.78 Å². The molecule has 2 aromatic carbocycles. The summed E-state index contributed by atoms with van der Waals surface area (Å²) in [7, 11) is 1.34. The van der Waals surface area contributed by atoms with Gasteiger partial charge >= 0.3 is 5.97 Å². The summed E-state index contributed by atoms with van der Waals surface area (Å²) in [5.74, 6) is 1.13. The average molecular weight is 527 g/mol. The fourth-order valence-electron chi connectivity index (χ4n) is 5.41. The Labute approximate surface area is 227 Å². The molecule has 0 bridgehead atoms. The van der Waals surface area contributed by atoms with Gasteiger partial charge in [0.25, 0.3) is 5.56 Å². The first kappa shape index (κ1) is 26.4. The van der Waals surface area contributed by atoms with E-state index < -0.39 is 12.1 Å². The van der Waals surface area contributed by atoms with Gasteiger partial charge in [0.1, 0.15) is 11.6 Å². The first-order chi connectivity index (χ1) is 18.9. The van der Waals surface area contributed by atoms with Crippen molar-refractivity contribution in [2.45, 2.75) is 64.9 Å². The zero-order valence-corrected chi connectivity index (χ0v) is 22.9. The molecule has 4 aromatic rings. The molecule has 2 heterocycles. The molecule has 1 fully saturated rings. The van der Waals surface area contributed by atoms with Crippen LogP contribution in [0.15, 0.2) is 64.5 Å². The van der Waals surface area contributed by atoms with Crippen LogP contribution < -0.4 is 10.3 Å². The van der Waals surface area contributed by atoms with Gasteiger partial charge in [-0.05, 0) is 76.1 Å². The van der Waals surface area contributed by atoms with Gasteiger partial charge in [0, 0.05) is 28.6 Å². The van der Waals surface area contributed by atoms with Crippen molar-refractivity contribution < 1.29 is 14.3 Å². The van der Waals surface area contributed by atoms with Crippen LogP contribution in [0, 0.1) is 13.8 Å². The molecule has 1 saturated carbocycles. The number of methoxy groups -OCH3 is 1. The summed E-state index contributed by atoms with van der Waals surface area (Å²) >= 11 is 0. The SMILES string of the molecule is COC(=O)[C@H](C)Oc1ccc(-n2c(C)cc(C=Nn3c(C4CCCCC4)nc4ccccc4c3=O)c2C)cc1. The molecule has 2 aromatic heterocycles. The first-order valence-corrected chi connectivity index (χ1v) is 13.5. The Morgan fingerprint density at radius 3 is 2.51 bits per heavy atom. The van der Waals surface area contributed by atoms with Crippen LogP contribution >= 0.6 is 0 Å².